The molecule has 2 rings (SSSR count). The molecular weight excluding hydrogens is 314 g/mol. The van der Waals surface area contributed by atoms with Gasteiger partial charge in [0.25, 0.3) is 0 Å². The SMILES string of the molecule is CS(=O)Cc1cc(NC(=O)C2CCC2C(=O)O)ccc1Cl. The average molecular weight is 330 g/mol. The molecule has 0 aliphatic heterocycles. The molecule has 1 saturated carbocycles. The molecule has 0 heterocycles. The molecule has 5 nitrogen and oxygen atoms in total. The number of benzene rings is 1. The predicted molar refractivity (Wildman–Crippen MR) is 81.7 cm³/mol. The van der Waals surface area contributed by atoms with Crippen molar-refractivity contribution >= 4 is 40.0 Å². The fourth-order valence-corrected chi connectivity index (χ4v) is 3.27. The van der Waals surface area contributed by atoms with E-state index in [0.29, 0.717) is 34.9 Å². The van der Waals surface area contributed by atoms with E-state index >= 15 is 0 Å². The van der Waals surface area contributed by atoms with Crippen LogP contribution in [-0.4, -0.2) is 27.4 Å². The molecule has 21 heavy (non-hydrogen) atoms. The number of halogens is 1. The zero-order valence-corrected chi connectivity index (χ0v) is 13.0. The van der Waals surface area contributed by atoms with E-state index < -0.39 is 28.6 Å². The molecule has 0 aromatic heterocycles. The third-order valence-corrected chi connectivity index (χ3v) is 4.69. The van der Waals surface area contributed by atoms with Gasteiger partial charge in [-0.1, -0.05) is 11.6 Å². The summed E-state index contributed by atoms with van der Waals surface area (Å²) in [6.07, 6.45) is 2.70. The van der Waals surface area contributed by atoms with Gasteiger partial charge in [-0.15, -0.1) is 0 Å². The van der Waals surface area contributed by atoms with Crippen LogP contribution in [0, 0.1) is 11.8 Å². The van der Waals surface area contributed by atoms with Crippen LogP contribution in [-0.2, 0) is 26.1 Å². The van der Waals surface area contributed by atoms with Gasteiger partial charge in [0.1, 0.15) is 0 Å². The Morgan fingerprint density at radius 1 is 1.38 bits per heavy atom. The van der Waals surface area contributed by atoms with E-state index in [0.717, 1.165) is 0 Å². The molecule has 3 atom stereocenters. The molecule has 1 amide bonds. The molecule has 7 heteroatoms. The van der Waals surface area contributed by atoms with Crippen molar-refractivity contribution in [2.75, 3.05) is 11.6 Å². The summed E-state index contributed by atoms with van der Waals surface area (Å²) in [5, 5.41) is 12.2. The van der Waals surface area contributed by atoms with Crippen molar-refractivity contribution < 1.29 is 18.9 Å². The lowest BCUT2D eigenvalue weighted by molar-refractivity contribution is -0.151. The first-order valence-electron chi connectivity index (χ1n) is 6.50. The van der Waals surface area contributed by atoms with Gasteiger partial charge in [0.05, 0.1) is 11.8 Å². The minimum atomic E-state index is -1.03. The first-order chi connectivity index (χ1) is 9.88. The Labute approximate surface area is 130 Å². The summed E-state index contributed by atoms with van der Waals surface area (Å²) in [5.41, 5.74) is 1.24. The first-order valence-corrected chi connectivity index (χ1v) is 8.61. The van der Waals surface area contributed by atoms with E-state index in [1.165, 1.54) is 0 Å². The van der Waals surface area contributed by atoms with E-state index in [-0.39, 0.29) is 5.91 Å². The summed E-state index contributed by atoms with van der Waals surface area (Å²) in [4.78, 5) is 23.0. The van der Waals surface area contributed by atoms with Crippen molar-refractivity contribution in [1.29, 1.82) is 0 Å². The van der Waals surface area contributed by atoms with Crippen molar-refractivity contribution in [2.24, 2.45) is 11.8 Å². The summed E-state index contributed by atoms with van der Waals surface area (Å²) in [5.74, 6) is -2.00. The highest BCUT2D eigenvalue weighted by Gasteiger charge is 2.41. The number of carboxylic acids is 1. The Morgan fingerprint density at radius 2 is 2.05 bits per heavy atom. The molecule has 0 spiro atoms. The zero-order chi connectivity index (χ0) is 15.6. The third kappa shape index (κ3) is 3.83. The summed E-state index contributed by atoms with van der Waals surface area (Å²) >= 11 is 6.02. The van der Waals surface area contributed by atoms with E-state index in [9.17, 15) is 13.8 Å². The number of anilines is 1. The maximum absolute atomic E-state index is 12.1. The first kappa shape index (κ1) is 16.0. The molecule has 2 N–H and O–H groups in total. The fraction of sp³-hybridized carbons (Fsp3) is 0.429. The van der Waals surface area contributed by atoms with Crippen LogP contribution < -0.4 is 5.32 Å². The molecule has 1 fully saturated rings. The van der Waals surface area contributed by atoms with Crippen molar-refractivity contribution in [2.45, 2.75) is 18.6 Å². The number of carboxylic acid groups (broad SMARTS) is 1. The maximum atomic E-state index is 12.1. The number of amides is 1. The number of carbonyl (C=O) groups excluding carboxylic acids is 1. The Bertz CT molecular complexity index is 605. The molecular formula is C14H16ClNO4S. The Balaban J connectivity index is 2.07. The molecule has 114 valence electrons. The van der Waals surface area contributed by atoms with E-state index in [1.807, 2.05) is 0 Å². The lowest BCUT2D eigenvalue weighted by Gasteiger charge is -2.31. The highest BCUT2D eigenvalue weighted by atomic mass is 35.5. The molecule has 1 aliphatic rings. The monoisotopic (exact) mass is 329 g/mol. The number of hydrogen-bond acceptors (Lipinski definition) is 3. The van der Waals surface area contributed by atoms with Crippen molar-refractivity contribution in [3.05, 3.63) is 28.8 Å². The van der Waals surface area contributed by atoms with Crippen LogP contribution in [0.1, 0.15) is 18.4 Å². The smallest absolute Gasteiger partial charge is 0.307 e. The van der Waals surface area contributed by atoms with Crippen LogP contribution in [0.3, 0.4) is 0 Å². The largest absolute Gasteiger partial charge is 0.481 e. The molecule has 1 aliphatic carbocycles. The Hall–Kier alpha value is -1.40. The van der Waals surface area contributed by atoms with Crippen molar-refractivity contribution in [3.8, 4) is 0 Å². The van der Waals surface area contributed by atoms with Crippen molar-refractivity contribution in [3.63, 3.8) is 0 Å². The topological polar surface area (TPSA) is 83.5 Å². The summed E-state index contributed by atoms with van der Waals surface area (Å²) in [6.45, 7) is 0. The van der Waals surface area contributed by atoms with Crippen LogP contribution in [0.5, 0.6) is 0 Å². The second-order valence-electron chi connectivity index (χ2n) is 5.14. The number of aliphatic carboxylic acids is 1. The van der Waals surface area contributed by atoms with Crippen LogP contribution >= 0.6 is 11.6 Å². The lowest BCUT2D eigenvalue weighted by atomic mass is 9.73. The second-order valence-corrected chi connectivity index (χ2v) is 6.98. The summed E-state index contributed by atoms with van der Waals surface area (Å²) < 4.78 is 11.3. The van der Waals surface area contributed by atoms with Gasteiger partial charge in [0.2, 0.25) is 5.91 Å². The predicted octanol–water partition coefficient (Wildman–Crippen LogP) is 2.27. The van der Waals surface area contributed by atoms with Gasteiger partial charge >= 0.3 is 5.97 Å². The molecule has 0 bridgehead atoms. The molecule has 3 unspecified atom stereocenters. The summed E-state index contributed by atoms with van der Waals surface area (Å²) in [7, 11) is -1.03. The lowest BCUT2D eigenvalue weighted by Crippen LogP contribution is -2.41. The van der Waals surface area contributed by atoms with Gasteiger partial charge in [-0.2, -0.15) is 0 Å². The third-order valence-electron chi connectivity index (χ3n) is 3.60. The van der Waals surface area contributed by atoms with E-state index in [2.05, 4.69) is 5.32 Å². The highest BCUT2D eigenvalue weighted by Crippen LogP contribution is 2.35. The Kier molecular flexibility index (Phi) is 5.00. The van der Waals surface area contributed by atoms with Crippen LogP contribution in [0.15, 0.2) is 18.2 Å². The van der Waals surface area contributed by atoms with Gasteiger partial charge in [-0.3, -0.25) is 13.8 Å². The van der Waals surface area contributed by atoms with Gasteiger partial charge in [0, 0.05) is 33.5 Å². The van der Waals surface area contributed by atoms with Crippen molar-refractivity contribution in [1.82, 2.24) is 0 Å². The second kappa shape index (κ2) is 6.58. The van der Waals surface area contributed by atoms with Gasteiger partial charge in [-0.05, 0) is 36.6 Å². The number of hydrogen-bond donors (Lipinski definition) is 2. The van der Waals surface area contributed by atoms with E-state index in [1.54, 1.807) is 24.5 Å². The maximum Gasteiger partial charge on any atom is 0.307 e. The average Bonchev–Trinajstić information content (AvgIpc) is 2.30. The zero-order valence-electron chi connectivity index (χ0n) is 11.5. The fourth-order valence-electron chi connectivity index (χ4n) is 2.33. The molecule has 1 aromatic carbocycles. The van der Waals surface area contributed by atoms with Gasteiger partial charge < -0.3 is 10.4 Å². The highest BCUT2D eigenvalue weighted by molar-refractivity contribution is 7.83. The minimum absolute atomic E-state index is 0.292. The number of rotatable bonds is 5. The van der Waals surface area contributed by atoms with Gasteiger partial charge in [0.15, 0.2) is 0 Å². The van der Waals surface area contributed by atoms with Gasteiger partial charge in [-0.25, -0.2) is 0 Å². The van der Waals surface area contributed by atoms with Crippen LogP contribution in [0.4, 0.5) is 5.69 Å². The quantitative estimate of drug-likeness (QED) is 0.868. The molecule has 1 aromatic rings. The number of carbonyl (C=O) groups is 2. The molecule has 0 saturated heterocycles. The Morgan fingerprint density at radius 3 is 2.57 bits per heavy atom. The normalized spacial score (nSPS) is 22.2. The summed E-state index contributed by atoms with van der Waals surface area (Å²) in [6, 6.07) is 4.96. The standard InChI is InChI=1S/C14H16ClNO4S/c1-21(20)7-8-6-9(2-5-12(8)15)16-13(17)10-3-4-11(10)14(18)19/h2,5-6,10-11H,3-4,7H2,1H3,(H,16,17)(H,18,19). The minimum Gasteiger partial charge on any atom is -0.481 e. The van der Waals surface area contributed by atoms with Crippen LogP contribution in [0.2, 0.25) is 5.02 Å². The number of nitrogens with one attached hydrogen (secondary N) is 1. The van der Waals surface area contributed by atoms with E-state index in [4.69, 9.17) is 16.7 Å². The van der Waals surface area contributed by atoms with Crippen LogP contribution in [0.25, 0.3) is 0 Å². The molecule has 0 radical (unpaired) electrons.